The van der Waals surface area contributed by atoms with E-state index < -0.39 is 10.9 Å². The van der Waals surface area contributed by atoms with E-state index in [0.29, 0.717) is 5.75 Å². The molecular formula is C27H23IO3S. The Morgan fingerprint density at radius 3 is 2.03 bits per heavy atom. The molecule has 162 valence electrons. The lowest BCUT2D eigenvalue weighted by atomic mass is 10.1. The summed E-state index contributed by atoms with van der Waals surface area (Å²) >= 11 is 2.11. The normalized spacial score (nSPS) is 13.9. The fraction of sp³-hybridized carbons (Fsp3) is 0.111. The van der Waals surface area contributed by atoms with Crippen LogP contribution in [0.2, 0.25) is 0 Å². The van der Waals surface area contributed by atoms with Crippen molar-refractivity contribution in [3.05, 3.63) is 94.1 Å². The molecular weight excluding hydrogens is 531 g/mol. The van der Waals surface area contributed by atoms with Gasteiger partial charge in [-0.05, 0) is 99.6 Å². The van der Waals surface area contributed by atoms with Gasteiger partial charge in [-0.2, -0.15) is 10.9 Å². The third-order valence-corrected chi connectivity index (χ3v) is 9.11. The molecule has 1 atom stereocenters. The summed E-state index contributed by atoms with van der Waals surface area (Å²) in [6, 6.07) is 29.7. The molecule has 0 bridgehead atoms. The highest BCUT2D eigenvalue weighted by Crippen LogP contribution is 2.62. The largest absolute Gasteiger partial charge is 0.504 e. The van der Waals surface area contributed by atoms with Crippen molar-refractivity contribution >= 4 is 33.5 Å². The molecule has 32 heavy (non-hydrogen) atoms. The molecule has 4 aromatic carbocycles. The van der Waals surface area contributed by atoms with E-state index in [-0.39, 0.29) is 11.9 Å². The van der Waals surface area contributed by atoms with Crippen LogP contribution >= 0.6 is 33.5 Å². The molecule has 1 aliphatic rings. The van der Waals surface area contributed by atoms with Gasteiger partial charge in [0.15, 0.2) is 11.5 Å². The van der Waals surface area contributed by atoms with Crippen LogP contribution in [-0.4, -0.2) is 12.2 Å². The number of methoxy groups -OCH3 is 1. The molecule has 4 aromatic rings. The lowest BCUT2D eigenvalue weighted by Crippen LogP contribution is -2.04. The van der Waals surface area contributed by atoms with Crippen molar-refractivity contribution in [1.82, 2.24) is 0 Å². The van der Waals surface area contributed by atoms with Gasteiger partial charge in [0.1, 0.15) is 11.9 Å². The fourth-order valence-corrected chi connectivity index (χ4v) is 7.36. The van der Waals surface area contributed by atoms with E-state index in [4.69, 9.17) is 9.47 Å². The van der Waals surface area contributed by atoms with E-state index in [1.54, 1.807) is 7.11 Å². The van der Waals surface area contributed by atoms with E-state index in [0.717, 1.165) is 14.9 Å². The SMILES string of the molecule is COc1cc(C(C)Oc2ccc([SH]3c4ccccc4-c4ccccc43)cc2)cc(I)c1O. The van der Waals surface area contributed by atoms with Gasteiger partial charge >= 0.3 is 0 Å². The minimum Gasteiger partial charge on any atom is -0.504 e. The maximum Gasteiger partial charge on any atom is 0.171 e. The standard InChI is InChI=1S/C27H23IO3S/c1-17(18-15-23(28)27(29)24(16-18)30-2)31-19-11-13-20(14-12-19)32-25-9-5-3-7-21(25)22-8-4-6-10-26(22)32/h3-17,29,32H,1-2H3. The van der Waals surface area contributed by atoms with Gasteiger partial charge in [0.2, 0.25) is 0 Å². The number of hydrogen-bond donors (Lipinski definition) is 2. The fourth-order valence-electron chi connectivity index (χ4n) is 4.13. The van der Waals surface area contributed by atoms with Crippen LogP contribution in [0.4, 0.5) is 0 Å². The van der Waals surface area contributed by atoms with Gasteiger partial charge in [-0.15, -0.1) is 0 Å². The Morgan fingerprint density at radius 2 is 1.44 bits per heavy atom. The molecule has 0 aliphatic carbocycles. The third-order valence-electron chi connectivity index (χ3n) is 5.73. The molecule has 1 N–H and O–H groups in total. The van der Waals surface area contributed by atoms with E-state index >= 15 is 0 Å². The highest BCUT2D eigenvalue weighted by Gasteiger charge is 2.26. The zero-order valence-corrected chi connectivity index (χ0v) is 20.8. The quantitative estimate of drug-likeness (QED) is 0.174. The van der Waals surface area contributed by atoms with E-state index in [1.165, 1.54) is 25.8 Å². The molecule has 0 saturated carbocycles. The number of aromatic hydroxyl groups is 1. The zero-order valence-electron chi connectivity index (χ0n) is 17.7. The van der Waals surface area contributed by atoms with Crippen molar-refractivity contribution in [2.45, 2.75) is 27.7 Å². The van der Waals surface area contributed by atoms with E-state index in [2.05, 4.69) is 95.4 Å². The lowest BCUT2D eigenvalue weighted by Gasteiger charge is -2.21. The molecule has 5 rings (SSSR count). The topological polar surface area (TPSA) is 38.7 Å². The molecule has 1 aliphatic heterocycles. The number of thiol groups is 1. The summed E-state index contributed by atoms with van der Waals surface area (Å²) in [7, 11) is 0.992. The Kier molecular flexibility index (Phi) is 5.78. The molecule has 5 heteroatoms. The smallest absolute Gasteiger partial charge is 0.171 e. The molecule has 1 heterocycles. The van der Waals surface area contributed by atoms with E-state index in [9.17, 15) is 5.11 Å². The summed E-state index contributed by atoms with van der Waals surface area (Å²) in [5.41, 5.74) is 3.65. The summed E-state index contributed by atoms with van der Waals surface area (Å²) in [5.74, 6) is 1.44. The van der Waals surface area contributed by atoms with Crippen LogP contribution in [0.5, 0.6) is 17.2 Å². The number of phenolic OH excluding ortho intramolecular Hbond substituents is 1. The highest BCUT2D eigenvalue weighted by atomic mass is 127. The van der Waals surface area contributed by atoms with Crippen LogP contribution in [0, 0.1) is 3.57 Å². The van der Waals surface area contributed by atoms with Gasteiger partial charge in [0.05, 0.1) is 10.7 Å². The van der Waals surface area contributed by atoms with Crippen molar-refractivity contribution in [3.8, 4) is 28.4 Å². The van der Waals surface area contributed by atoms with Crippen molar-refractivity contribution in [2.24, 2.45) is 0 Å². The molecule has 0 fully saturated rings. The lowest BCUT2D eigenvalue weighted by molar-refractivity contribution is 0.226. The van der Waals surface area contributed by atoms with Crippen molar-refractivity contribution in [3.63, 3.8) is 0 Å². The average Bonchev–Trinajstić information content (AvgIpc) is 3.16. The first-order valence-corrected chi connectivity index (χ1v) is 12.8. The molecule has 3 nitrogen and oxygen atoms in total. The van der Waals surface area contributed by atoms with E-state index in [1.807, 2.05) is 19.1 Å². The Hall–Kier alpha value is -2.64. The number of rotatable bonds is 5. The third kappa shape index (κ3) is 3.73. The number of ether oxygens (including phenoxy) is 2. The van der Waals surface area contributed by atoms with Crippen LogP contribution in [0.3, 0.4) is 0 Å². The predicted octanol–water partition coefficient (Wildman–Crippen LogP) is 7.60. The van der Waals surface area contributed by atoms with Crippen LogP contribution in [-0.2, 0) is 0 Å². The summed E-state index contributed by atoms with van der Waals surface area (Å²) in [6.45, 7) is 2.00. The van der Waals surface area contributed by atoms with Crippen molar-refractivity contribution in [1.29, 1.82) is 0 Å². The Labute approximate surface area is 204 Å². The average molecular weight is 554 g/mol. The minimum absolute atomic E-state index is 0.160. The number of benzene rings is 4. The van der Waals surface area contributed by atoms with Gasteiger partial charge in [-0.25, -0.2) is 0 Å². The molecule has 0 amide bonds. The van der Waals surface area contributed by atoms with Gasteiger partial charge in [-0.3, -0.25) is 0 Å². The van der Waals surface area contributed by atoms with Gasteiger partial charge in [0.25, 0.3) is 0 Å². The first-order chi connectivity index (χ1) is 15.6. The Bertz CT molecular complexity index is 1240. The number of hydrogen-bond acceptors (Lipinski definition) is 3. The maximum atomic E-state index is 10.1. The van der Waals surface area contributed by atoms with Gasteiger partial charge < -0.3 is 14.6 Å². The van der Waals surface area contributed by atoms with Gasteiger partial charge in [0, 0.05) is 9.79 Å². The van der Waals surface area contributed by atoms with Crippen LogP contribution in [0.1, 0.15) is 18.6 Å². The number of phenols is 1. The Morgan fingerprint density at radius 1 is 0.844 bits per heavy atom. The second kappa shape index (κ2) is 8.71. The number of halogens is 1. The van der Waals surface area contributed by atoms with Crippen LogP contribution in [0.15, 0.2) is 99.6 Å². The molecule has 0 aromatic heterocycles. The summed E-state index contributed by atoms with van der Waals surface area (Å²) in [4.78, 5) is 4.14. The second-order valence-corrected chi connectivity index (χ2v) is 11.0. The molecule has 0 saturated heterocycles. The number of fused-ring (bicyclic) bond motifs is 3. The molecule has 0 radical (unpaired) electrons. The summed E-state index contributed by atoms with van der Waals surface area (Å²) in [5, 5.41) is 10.1. The maximum absolute atomic E-state index is 10.1. The molecule has 0 spiro atoms. The summed E-state index contributed by atoms with van der Waals surface area (Å²) < 4.78 is 12.2. The van der Waals surface area contributed by atoms with Gasteiger partial charge in [-0.1, -0.05) is 36.4 Å². The highest BCUT2D eigenvalue weighted by molar-refractivity contribution is 14.1. The van der Waals surface area contributed by atoms with Crippen LogP contribution < -0.4 is 9.47 Å². The minimum atomic E-state index is -0.564. The Balaban J connectivity index is 1.42. The predicted molar refractivity (Wildman–Crippen MR) is 139 cm³/mol. The monoisotopic (exact) mass is 554 g/mol. The van der Waals surface area contributed by atoms with Crippen LogP contribution in [0.25, 0.3) is 11.1 Å². The first-order valence-electron chi connectivity index (χ1n) is 10.4. The summed E-state index contributed by atoms with van der Waals surface area (Å²) in [6.07, 6.45) is -0.178. The molecule has 1 unspecified atom stereocenters. The second-order valence-electron chi connectivity index (χ2n) is 7.68. The first kappa shape index (κ1) is 21.2. The zero-order chi connectivity index (χ0) is 22.2. The van der Waals surface area contributed by atoms with Crippen molar-refractivity contribution < 1.29 is 14.6 Å². The van der Waals surface area contributed by atoms with Crippen molar-refractivity contribution in [2.75, 3.05) is 7.11 Å².